The topological polar surface area (TPSA) is 78.5 Å². The number of H-pyrrole nitrogens is 1. The van der Waals surface area contributed by atoms with Crippen LogP contribution in [0.4, 0.5) is 5.95 Å². The molecule has 2 aromatic rings. The number of aromatic amines is 1. The Balaban J connectivity index is 1.70. The number of hydrogen-bond donors (Lipinski definition) is 3. The summed E-state index contributed by atoms with van der Waals surface area (Å²) in [6, 6.07) is 10.2. The first kappa shape index (κ1) is 11.5. The van der Waals surface area contributed by atoms with Gasteiger partial charge in [-0.2, -0.15) is 0 Å². The van der Waals surface area contributed by atoms with Crippen molar-refractivity contribution in [3.8, 4) is 0 Å². The van der Waals surface area contributed by atoms with E-state index in [0.717, 1.165) is 13.0 Å². The first-order chi connectivity index (χ1) is 8.34. The van der Waals surface area contributed by atoms with Crippen LogP contribution in [-0.4, -0.2) is 32.3 Å². The first-order valence-electron chi connectivity index (χ1n) is 5.17. The van der Waals surface area contributed by atoms with Crippen LogP contribution < -0.4 is 10.6 Å². The third-order valence-electron chi connectivity index (χ3n) is 2.12. The third-order valence-corrected chi connectivity index (χ3v) is 2.37. The summed E-state index contributed by atoms with van der Waals surface area (Å²) in [7, 11) is 0. The van der Waals surface area contributed by atoms with E-state index in [-0.39, 0.29) is 0 Å². The molecule has 3 N–H and O–H groups in total. The molecule has 7 heteroatoms. The minimum atomic E-state index is 0.433. The van der Waals surface area contributed by atoms with Crippen molar-refractivity contribution in [1.29, 1.82) is 0 Å². The van der Waals surface area contributed by atoms with Crippen molar-refractivity contribution >= 4 is 23.3 Å². The van der Waals surface area contributed by atoms with Gasteiger partial charge in [0.05, 0.1) is 0 Å². The van der Waals surface area contributed by atoms with E-state index in [0.29, 0.717) is 11.1 Å². The van der Waals surface area contributed by atoms with Crippen LogP contribution in [0.2, 0.25) is 0 Å². The lowest BCUT2D eigenvalue weighted by atomic mass is 10.1. The Morgan fingerprint density at radius 3 is 2.82 bits per heavy atom. The van der Waals surface area contributed by atoms with Gasteiger partial charge in [0.1, 0.15) is 0 Å². The predicted molar refractivity (Wildman–Crippen MR) is 68.5 cm³/mol. The van der Waals surface area contributed by atoms with E-state index in [1.807, 2.05) is 18.2 Å². The molecular formula is C10H12N6S. The van der Waals surface area contributed by atoms with Gasteiger partial charge in [-0.1, -0.05) is 35.4 Å². The molecule has 0 fully saturated rings. The van der Waals surface area contributed by atoms with Gasteiger partial charge in [0.2, 0.25) is 5.95 Å². The second kappa shape index (κ2) is 5.90. The highest BCUT2D eigenvalue weighted by Crippen LogP contribution is 1.98. The molecule has 0 bridgehead atoms. The van der Waals surface area contributed by atoms with E-state index >= 15 is 0 Å². The summed E-state index contributed by atoms with van der Waals surface area (Å²) in [6.45, 7) is 0.761. The molecule has 0 spiro atoms. The zero-order valence-corrected chi connectivity index (χ0v) is 9.87. The lowest BCUT2D eigenvalue weighted by Crippen LogP contribution is -2.30. The number of benzene rings is 1. The zero-order valence-electron chi connectivity index (χ0n) is 9.05. The molecule has 1 aromatic carbocycles. The Morgan fingerprint density at radius 2 is 2.12 bits per heavy atom. The van der Waals surface area contributed by atoms with Gasteiger partial charge in [0.25, 0.3) is 0 Å². The number of thiocarbonyl (C=S) groups is 1. The monoisotopic (exact) mass is 248 g/mol. The lowest BCUT2D eigenvalue weighted by Gasteiger charge is -2.07. The van der Waals surface area contributed by atoms with Crippen LogP contribution in [0.1, 0.15) is 5.56 Å². The van der Waals surface area contributed by atoms with Crippen molar-refractivity contribution in [2.45, 2.75) is 6.42 Å². The van der Waals surface area contributed by atoms with E-state index in [2.05, 4.69) is 43.4 Å². The van der Waals surface area contributed by atoms with Crippen molar-refractivity contribution in [1.82, 2.24) is 25.9 Å². The summed E-state index contributed by atoms with van der Waals surface area (Å²) >= 11 is 5.08. The number of hydrogen-bond acceptors (Lipinski definition) is 4. The Morgan fingerprint density at radius 1 is 1.29 bits per heavy atom. The highest BCUT2D eigenvalue weighted by atomic mass is 32.1. The average molecular weight is 248 g/mol. The van der Waals surface area contributed by atoms with Crippen LogP contribution in [0.5, 0.6) is 0 Å². The van der Waals surface area contributed by atoms with Gasteiger partial charge in [-0.05, 0) is 34.6 Å². The van der Waals surface area contributed by atoms with E-state index in [1.54, 1.807) is 0 Å². The standard InChI is InChI=1S/C10H12N6S/c17-10(12-9-13-15-16-14-9)11-7-6-8-4-2-1-3-5-8/h1-5H,6-7H2,(H3,11,12,13,14,15,16,17). The molecule has 0 aliphatic carbocycles. The molecular weight excluding hydrogens is 236 g/mol. The van der Waals surface area contributed by atoms with Crippen molar-refractivity contribution < 1.29 is 0 Å². The summed E-state index contributed by atoms with van der Waals surface area (Å²) in [5.74, 6) is 0.433. The SMILES string of the molecule is S=C(NCCc1ccccc1)Nc1nnn[nH]1. The highest BCUT2D eigenvalue weighted by molar-refractivity contribution is 7.80. The van der Waals surface area contributed by atoms with E-state index in [9.17, 15) is 0 Å². The van der Waals surface area contributed by atoms with Crippen molar-refractivity contribution in [3.63, 3.8) is 0 Å². The molecule has 0 saturated carbocycles. The minimum Gasteiger partial charge on any atom is -0.362 e. The molecule has 0 radical (unpaired) electrons. The number of aromatic nitrogens is 4. The summed E-state index contributed by atoms with van der Waals surface area (Å²) in [5, 5.41) is 19.5. The van der Waals surface area contributed by atoms with Gasteiger partial charge >= 0.3 is 0 Å². The molecule has 1 heterocycles. The molecule has 0 saturated heterocycles. The normalized spacial score (nSPS) is 9.88. The van der Waals surface area contributed by atoms with Crippen LogP contribution in [-0.2, 0) is 6.42 Å². The Labute approximate surface area is 104 Å². The molecule has 17 heavy (non-hydrogen) atoms. The van der Waals surface area contributed by atoms with E-state index < -0.39 is 0 Å². The van der Waals surface area contributed by atoms with Crippen molar-refractivity contribution in [2.24, 2.45) is 0 Å². The Bertz CT molecular complexity index is 455. The maximum Gasteiger partial charge on any atom is 0.246 e. The molecule has 1 aromatic heterocycles. The maximum atomic E-state index is 5.08. The summed E-state index contributed by atoms with van der Waals surface area (Å²) in [5.41, 5.74) is 1.27. The molecule has 2 rings (SSSR count). The highest BCUT2D eigenvalue weighted by Gasteiger charge is 1.99. The number of anilines is 1. The van der Waals surface area contributed by atoms with Crippen LogP contribution in [0, 0.1) is 0 Å². The Hall–Kier alpha value is -2.02. The smallest absolute Gasteiger partial charge is 0.246 e. The van der Waals surface area contributed by atoms with Gasteiger partial charge < -0.3 is 10.6 Å². The van der Waals surface area contributed by atoms with Crippen LogP contribution in [0.15, 0.2) is 30.3 Å². The first-order valence-corrected chi connectivity index (χ1v) is 5.58. The molecule has 0 aliphatic rings. The van der Waals surface area contributed by atoms with E-state index in [4.69, 9.17) is 12.2 Å². The molecule has 0 atom stereocenters. The number of nitrogens with one attached hydrogen (secondary N) is 3. The fraction of sp³-hybridized carbons (Fsp3) is 0.200. The largest absolute Gasteiger partial charge is 0.362 e. The van der Waals surface area contributed by atoms with Gasteiger partial charge in [-0.15, -0.1) is 0 Å². The van der Waals surface area contributed by atoms with Crippen LogP contribution >= 0.6 is 12.2 Å². The zero-order chi connectivity index (χ0) is 11.9. The van der Waals surface area contributed by atoms with Gasteiger partial charge in [0, 0.05) is 6.54 Å². The molecule has 0 unspecified atom stereocenters. The second-order valence-corrected chi connectivity index (χ2v) is 3.77. The average Bonchev–Trinajstić information content (AvgIpc) is 2.83. The molecule has 6 nitrogen and oxygen atoms in total. The number of nitrogens with zero attached hydrogens (tertiary/aromatic N) is 3. The predicted octanol–water partition coefficient (Wildman–Crippen LogP) is 0.729. The summed E-state index contributed by atoms with van der Waals surface area (Å²) < 4.78 is 0. The maximum absolute atomic E-state index is 5.08. The van der Waals surface area contributed by atoms with Crippen LogP contribution in [0.3, 0.4) is 0 Å². The van der Waals surface area contributed by atoms with Gasteiger partial charge in [-0.25, -0.2) is 5.10 Å². The fourth-order valence-corrected chi connectivity index (χ4v) is 1.53. The van der Waals surface area contributed by atoms with Crippen molar-refractivity contribution in [3.05, 3.63) is 35.9 Å². The second-order valence-electron chi connectivity index (χ2n) is 3.37. The summed E-state index contributed by atoms with van der Waals surface area (Å²) in [6.07, 6.45) is 0.914. The van der Waals surface area contributed by atoms with Gasteiger partial charge in [-0.3, -0.25) is 0 Å². The number of tetrazole rings is 1. The fourth-order valence-electron chi connectivity index (χ4n) is 1.33. The summed E-state index contributed by atoms with van der Waals surface area (Å²) in [4.78, 5) is 0. The minimum absolute atomic E-state index is 0.433. The molecule has 88 valence electrons. The molecule has 0 amide bonds. The lowest BCUT2D eigenvalue weighted by molar-refractivity contribution is 0.872. The Kier molecular flexibility index (Phi) is 3.98. The number of rotatable bonds is 4. The third kappa shape index (κ3) is 3.80. The van der Waals surface area contributed by atoms with Crippen molar-refractivity contribution in [2.75, 3.05) is 11.9 Å². The molecule has 0 aliphatic heterocycles. The quantitative estimate of drug-likeness (QED) is 0.692. The van der Waals surface area contributed by atoms with E-state index in [1.165, 1.54) is 5.56 Å². The van der Waals surface area contributed by atoms with Crippen LogP contribution in [0.25, 0.3) is 0 Å². The van der Waals surface area contributed by atoms with Gasteiger partial charge in [0.15, 0.2) is 5.11 Å².